The van der Waals surface area contributed by atoms with Crippen LogP contribution in [0.1, 0.15) is 27.7 Å². The Morgan fingerprint density at radius 3 is 2.68 bits per heavy atom. The molecule has 1 N–H and O–H groups in total. The van der Waals surface area contributed by atoms with Crippen LogP contribution in [-0.2, 0) is 14.3 Å². The van der Waals surface area contributed by atoms with E-state index in [1.54, 1.807) is 13.3 Å². The molecule has 0 aliphatic carbocycles. The van der Waals surface area contributed by atoms with E-state index in [0.29, 0.717) is 5.70 Å². The maximum atomic E-state index is 12.7. The molecule has 2 heterocycles. The number of nitrogens with zero attached hydrogens (tertiary/aromatic N) is 2. The predicted molar refractivity (Wildman–Crippen MR) is 92.8 cm³/mol. The molecule has 2 aliphatic rings. The maximum Gasteiger partial charge on any atom is 0.415 e. The normalized spacial score (nSPS) is 18.7. The van der Waals surface area contributed by atoms with Gasteiger partial charge in [-0.3, -0.25) is 4.90 Å². The zero-order chi connectivity index (χ0) is 18.2. The third kappa shape index (κ3) is 3.28. The molecule has 2 aliphatic heterocycles. The molecule has 0 saturated heterocycles. The Kier molecular flexibility index (Phi) is 4.34. The van der Waals surface area contributed by atoms with Gasteiger partial charge in [-0.05, 0) is 33.8 Å². The van der Waals surface area contributed by atoms with Crippen LogP contribution in [-0.4, -0.2) is 37.2 Å². The van der Waals surface area contributed by atoms with Gasteiger partial charge in [0.15, 0.2) is 17.7 Å². The van der Waals surface area contributed by atoms with Crippen LogP contribution in [0.15, 0.2) is 40.7 Å². The molecule has 3 rings (SSSR count). The first kappa shape index (κ1) is 17.2. The monoisotopic (exact) mass is 344 g/mol. The highest BCUT2D eigenvalue weighted by Gasteiger charge is 2.42. The summed E-state index contributed by atoms with van der Waals surface area (Å²) in [5.74, 6) is -0.479. The highest BCUT2D eigenvalue weighted by molar-refractivity contribution is 5.96. The molecule has 1 unspecified atom stereocenters. The number of aliphatic imine (C=N–C) groups is 1. The zero-order valence-corrected chi connectivity index (χ0v) is 14.8. The molecule has 132 valence electrons. The van der Waals surface area contributed by atoms with Crippen molar-refractivity contribution in [3.63, 3.8) is 0 Å². The van der Waals surface area contributed by atoms with E-state index < -0.39 is 17.7 Å². The molecule has 0 radical (unpaired) electrons. The second-order valence-electron chi connectivity index (χ2n) is 6.80. The van der Waals surface area contributed by atoms with Crippen molar-refractivity contribution in [2.75, 3.05) is 18.1 Å². The fraction of sp³-hybridized carbons (Fsp3) is 0.389. The summed E-state index contributed by atoms with van der Waals surface area (Å²) in [4.78, 5) is 31.5. The van der Waals surface area contributed by atoms with E-state index in [9.17, 15) is 9.59 Å². The molecule has 1 aromatic carbocycles. The molecule has 0 fully saturated rings. The predicted octanol–water partition coefficient (Wildman–Crippen LogP) is 1.77. The molecule has 25 heavy (non-hydrogen) atoms. The lowest BCUT2D eigenvalue weighted by molar-refractivity contribution is -0.674. The molecule has 1 aromatic rings. The first-order valence-corrected chi connectivity index (χ1v) is 8.23. The minimum absolute atomic E-state index is 0.218. The molecule has 1 atom stereocenters. The molecular formula is C18H22N3O4+. The van der Waals surface area contributed by atoms with E-state index in [-0.39, 0.29) is 18.8 Å². The summed E-state index contributed by atoms with van der Waals surface area (Å²) in [6.07, 6.45) is 1.20. The van der Waals surface area contributed by atoms with E-state index in [2.05, 4.69) is 4.99 Å². The van der Waals surface area contributed by atoms with Gasteiger partial charge >= 0.3 is 12.1 Å². The summed E-state index contributed by atoms with van der Waals surface area (Å²) in [6, 6.07) is 7.52. The highest BCUT2D eigenvalue weighted by atomic mass is 16.6. The number of quaternary nitrogens is 1. The number of amides is 1. The fourth-order valence-electron chi connectivity index (χ4n) is 2.84. The Balaban J connectivity index is 2.02. The fourth-order valence-corrected chi connectivity index (χ4v) is 2.84. The van der Waals surface area contributed by atoms with Gasteiger partial charge in [-0.25, -0.2) is 14.5 Å². The molecule has 0 bridgehead atoms. The Hall–Kier alpha value is -2.67. The molecule has 7 heteroatoms. The van der Waals surface area contributed by atoms with Crippen LogP contribution in [0.4, 0.5) is 16.2 Å². The summed E-state index contributed by atoms with van der Waals surface area (Å²) < 4.78 is 10.6. The summed E-state index contributed by atoms with van der Waals surface area (Å²) >= 11 is 0. The van der Waals surface area contributed by atoms with Gasteiger partial charge < -0.3 is 9.47 Å². The topological polar surface area (TPSA) is 72.6 Å². The molecule has 0 saturated carbocycles. The number of ether oxygens (including phenoxy) is 2. The van der Waals surface area contributed by atoms with Gasteiger partial charge in [-0.15, -0.1) is 0 Å². The molecule has 1 amide bonds. The van der Waals surface area contributed by atoms with Gasteiger partial charge in [0.1, 0.15) is 17.8 Å². The highest BCUT2D eigenvalue weighted by Crippen LogP contribution is 2.30. The van der Waals surface area contributed by atoms with Crippen LogP contribution < -0.4 is 9.80 Å². The number of benzene rings is 1. The lowest BCUT2D eigenvalue weighted by Gasteiger charge is -2.32. The Bertz CT molecular complexity index is 777. The number of hydrogen-bond acceptors (Lipinski definition) is 5. The van der Waals surface area contributed by atoms with Gasteiger partial charge in [-0.1, -0.05) is 12.1 Å². The second-order valence-corrected chi connectivity index (χ2v) is 6.80. The summed E-state index contributed by atoms with van der Waals surface area (Å²) in [7, 11) is 0. The largest absolute Gasteiger partial charge is 0.461 e. The standard InChI is InChI=1S/C18H21N3O4/c1-5-24-16(22)15-14-10-20(17(23)25-18(2,3)4)12-8-6-7-9-13(12)21(14)11-19-15/h6-9,11H,5,10H2,1-4H3/p+1. The number of carbonyl (C=O) groups excluding carboxylic acids is 2. The van der Waals surface area contributed by atoms with E-state index >= 15 is 0 Å². The van der Waals surface area contributed by atoms with Gasteiger partial charge in [-0.2, -0.15) is 4.99 Å². The number of para-hydroxylation sites is 2. The molecular weight excluding hydrogens is 322 g/mol. The average molecular weight is 344 g/mol. The summed E-state index contributed by atoms with van der Waals surface area (Å²) in [5, 5.41) is 0. The average Bonchev–Trinajstić information content (AvgIpc) is 2.97. The third-order valence-corrected chi connectivity index (χ3v) is 3.82. The minimum atomic E-state index is -0.611. The molecule has 7 nitrogen and oxygen atoms in total. The zero-order valence-electron chi connectivity index (χ0n) is 14.8. The van der Waals surface area contributed by atoms with Crippen molar-refractivity contribution in [1.82, 2.24) is 0 Å². The second kappa shape index (κ2) is 6.33. The lowest BCUT2D eigenvalue weighted by atomic mass is 10.1. The number of anilines is 1. The lowest BCUT2D eigenvalue weighted by Crippen LogP contribution is -3.05. The van der Waals surface area contributed by atoms with E-state index in [1.165, 1.54) is 4.90 Å². The minimum Gasteiger partial charge on any atom is -0.461 e. The smallest absolute Gasteiger partial charge is 0.415 e. The van der Waals surface area contributed by atoms with Gasteiger partial charge in [0.05, 0.1) is 6.61 Å². The number of hydrogen-bond donors (Lipinski definition) is 1. The van der Waals surface area contributed by atoms with Crippen LogP contribution in [0.5, 0.6) is 0 Å². The van der Waals surface area contributed by atoms with Crippen LogP contribution in [0.2, 0.25) is 0 Å². The Morgan fingerprint density at radius 1 is 1.28 bits per heavy atom. The Morgan fingerprint density at radius 2 is 2.00 bits per heavy atom. The van der Waals surface area contributed by atoms with Crippen LogP contribution in [0.3, 0.4) is 0 Å². The van der Waals surface area contributed by atoms with Crippen molar-refractivity contribution in [2.24, 2.45) is 4.99 Å². The molecule has 0 aromatic heterocycles. The Labute approximate surface area is 146 Å². The molecule has 0 spiro atoms. The van der Waals surface area contributed by atoms with Gasteiger partial charge in [0, 0.05) is 6.07 Å². The first-order valence-electron chi connectivity index (χ1n) is 8.23. The first-order chi connectivity index (χ1) is 11.8. The van der Waals surface area contributed by atoms with Gasteiger partial charge in [0.2, 0.25) is 5.70 Å². The van der Waals surface area contributed by atoms with Crippen molar-refractivity contribution in [3.05, 3.63) is 35.7 Å². The van der Waals surface area contributed by atoms with Crippen LogP contribution >= 0.6 is 0 Å². The van der Waals surface area contributed by atoms with E-state index in [4.69, 9.17) is 9.47 Å². The van der Waals surface area contributed by atoms with Crippen molar-refractivity contribution in [3.8, 4) is 0 Å². The van der Waals surface area contributed by atoms with Crippen LogP contribution in [0, 0.1) is 0 Å². The maximum absolute atomic E-state index is 12.7. The van der Waals surface area contributed by atoms with Gasteiger partial charge in [0.25, 0.3) is 0 Å². The number of nitrogens with one attached hydrogen (secondary N) is 1. The number of carbonyl (C=O) groups is 2. The quantitative estimate of drug-likeness (QED) is 0.830. The van der Waals surface area contributed by atoms with E-state index in [1.807, 2.05) is 45.0 Å². The number of fused-ring (bicyclic) bond motifs is 3. The SMILES string of the molecule is CCOC(=O)C1=C2CN(C(=O)OC(C)(C)C)c3ccccc3[NH+]2C=N1. The number of rotatable bonds is 2. The van der Waals surface area contributed by atoms with Crippen LogP contribution in [0.25, 0.3) is 0 Å². The van der Waals surface area contributed by atoms with Crippen molar-refractivity contribution < 1.29 is 24.0 Å². The van der Waals surface area contributed by atoms with Crippen molar-refractivity contribution in [1.29, 1.82) is 0 Å². The summed E-state index contributed by atoms with van der Waals surface area (Å²) in [6.45, 7) is 7.69. The number of esters is 1. The van der Waals surface area contributed by atoms with Crippen molar-refractivity contribution in [2.45, 2.75) is 33.3 Å². The van der Waals surface area contributed by atoms with E-state index in [0.717, 1.165) is 16.3 Å². The third-order valence-electron chi connectivity index (χ3n) is 3.82. The summed E-state index contributed by atoms with van der Waals surface area (Å²) in [5.41, 5.74) is 1.91. The van der Waals surface area contributed by atoms with Crippen molar-refractivity contribution >= 4 is 29.8 Å².